The maximum absolute atomic E-state index is 11.3. The van der Waals surface area contributed by atoms with Crippen LogP contribution in [-0.2, 0) is 9.53 Å². The van der Waals surface area contributed by atoms with Crippen molar-refractivity contribution < 1.29 is 9.53 Å². The molecule has 0 aromatic rings. The van der Waals surface area contributed by atoms with Gasteiger partial charge in [0.2, 0.25) is 0 Å². The van der Waals surface area contributed by atoms with Gasteiger partial charge in [-0.15, -0.1) is 0 Å². The molecule has 0 rings (SSSR count). The minimum absolute atomic E-state index is 0.291. The smallest absolute Gasteiger partial charge is 0.330 e. The Morgan fingerprint density at radius 1 is 0.950 bits per heavy atom. The van der Waals surface area contributed by atoms with E-state index < -0.39 is 24.2 Å². The first kappa shape index (κ1) is 19.9. The molecule has 0 bridgehead atoms. The Labute approximate surface area is 129 Å². The van der Waals surface area contributed by atoms with E-state index in [-0.39, 0.29) is 5.97 Å². The van der Waals surface area contributed by atoms with Crippen molar-refractivity contribution in [2.45, 2.75) is 69.6 Å². The first-order chi connectivity index (χ1) is 8.70. The highest BCUT2D eigenvalue weighted by molar-refractivity contribution is 7.15. The Bertz CT molecular complexity index is 321. The molecule has 0 heterocycles. The average Bonchev–Trinajstić information content (AvgIpc) is 2.17. The van der Waals surface area contributed by atoms with Crippen molar-refractivity contribution in [3.05, 3.63) is 12.7 Å². The van der Waals surface area contributed by atoms with Crippen molar-refractivity contribution in [3.63, 3.8) is 0 Å². The second-order valence-corrected chi connectivity index (χ2v) is 26.3. The summed E-state index contributed by atoms with van der Waals surface area (Å²) >= 11 is 0. The quantitative estimate of drug-likeness (QED) is 0.375. The molecule has 0 amide bonds. The summed E-state index contributed by atoms with van der Waals surface area (Å²) in [6.45, 7) is 26.5. The predicted octanol–water partition coefficient (Wildman–Crippen LogP) is 4.94. The molecule has 0 unspecified atom stereocenters. The molecular formula is C15H34O2Si3. The minimum Gasteiger partial charge on any atom is -0.463 e. The molecule has 20 heavy (non-hydrogen) atoms. The Morgan fingerprint density at radius 3 is 1.55 bits per heavy atom. The van der Waals surface area contributed by atoms with Crippen LogP contribution in [-0.4, -0.2) is 36.8 Å². The van der Waals surface area contributed by atoms with Gasteiger partial charge in [-0.2, -0.15) is 0 Å². The van der Waals surface area contributed by atoms with Gasteiger partial charge in [0, 0.05) is 30.3 Å². The predicted molar refractivity (Wildman–Crippen MR) is 98.5 cm³/mol. The first-order valence-corrected chi connectivity index (χ1v) is 18.0. The van der Waals surface area contributed by atoms with Crippen LogP contribution in [0.3, 0.4) is 0 Å². The van der Waals surface area contributed by atoms with E-state index in [1.165, 1.54) is 6.08 Å². The number of carbonyl (C=O) groups is 1. The standard InChI is InChI=1S/C15H34O2Si3/c1-11-14(16)17-13-12-15(18(2,3)4,19(5,6)7)20(8,9)10/h11H,1,12-13H2,2-10H3. The van der Waals surface area contributed by atoms with Gasteiger partial charge in [-0.1, -0.05) is 65.5 Å². The fourth-order valence-electron chi connectivity index (χ4n) is 4.86. The van der Waals surface area contributed by atoms with Gasteiger partial charge in [0.1, 0.15) is 0 Å². The first-order valence-electron chi connectivity index (χ1n) is 7.50. The zero-order valence-electron chi connectivity index (χ0n) is 15.0. The maximum atomic E-state index is 11.3. The molecule has 0 saturated carbocycles. The Kier molecular flexibility index (Phi) is 6.27. The summed E-state index contributed by atoms with van der Waals surface area (Å²) in [6.07, 6.45) is 2.30. The zero-order valence-corrected chi connectivity index (χ0v) is 18.0. The van der Waals surface area contributed by atoms with Crippen LogP contribution in [0.15, 0.2) is 12.7 Å². The minimum atomic E-state index is -1.38. The van der Waals surface area contributed by atoms with E-state index in [0.29, 0.717) is 10.9 Å². The van der Waals surface area contributed by atoms with Gasteiger partial charge < -0.3 is 4.74 Å². The number of hydrogen-bond donors (Lipinski definition) is 0. The summed E-state index contributed by atoms with van der Waals surface area (Å²) in [7, 11) is -4.15. The summed E-state index contributed by atoms with van der Waals surface area (Å²) in [4.78, 5) is 11.3. The number of ether oxygens (including phenoxy) is 1. The molecule has 0 aliphatic carbocycles. The van der Waals surface area contributed by atoms with E-state index in [0.717, 1.165) is 6.42 Å². The van der Waals surface area contributed by atoms with Gasteiger partial charge in [-0.3, -0.25) is 0 Å². The van der Waals surface area contributed by atoms with Gasteiger partial charge >= 0.3 is 5.97 Å². The Balaban J connectivity index is 5.57. The molecule has 2 nitrogen and oxygen atoms in total. The lowest BCUT2D eigenvalue weighted by molar-refractivity contribution is -0.137. The molecule has 0 radical (unpaired) electrons. The van der Waals surface area contributed by atoms with Gasteiger partial charge in [0.25, 0.3) is 0 Å². The van der Waals surface area contributed by atoms with Crippen LogP contribution in [0.5, 0.6) is 0 Å². The van der Waals surface area contributed by atoms with Crippen LogP contribution in [0.2, 0.25) is 63.2 Å². The number of carbonyl (C=O) groups excluding carboxylic acids is 1. The van der Waals surface area contributed by atoms with E-state index in [2.05, 4.69) is 65.5 Å². The second kappa shape index (κ2) is 6.32. The summed E-state index contributed by atoms with van der Waals surface area (Å²) in [5.74, 6) is -0.291. The molecule has 118 valence electrons. The third-order valence-corrected chi connectivity index (χ3v) is 26.7. The van der Waals surface area contributed by atoms with Crippen molar-refractivity contribution in [3.8, 4) is 0 Å². The van der Waals surface area contributed by atoms with E-state index in [1.54, 1.807) is 0 Å². The molecule has 0 aromatic carbocycles. The molecule has 0 aromatic heterocycles. The molecule has 0 fully saturated rings. The zero-order chi connectivity index (χ0) is 16.4. The number of rotatable bonds is 7. The van der Waals surface area contributed by atoms with Crippen molar-refractivity contribution in [1.82, 2.24) is 0 Å². The van der Waals surface area contributed by atoms with Crippen LogP contribution in [0.25, 0.3) is 0 Å². The maximum Gasteiger partial charge on any atom is 0.330 e. The normalized spacial score (nSPS) is 14.1. The highest BCUT2D eigenvalue weighted by Gasteiger charge is 2.59. The fourth-order valence-corrected chi connectivity index (χ4v) is 34.4. The highest BCUT2D eigenvalue weighted by atomic mass is 28.5. The average molecular weight is 331 g/mol. The summed E-state index contributed by atoms with van der Waals surface area (Å²) in [6, 6.07) is 0. The van der Waals surface area contributed by atoms with Gasteiger partial charge in [-0.25, -0.2) is 4.79 Å². The molecule has 0 aliphatic heterocycles. The molecule has 0 aliphatic rings. The summed E-state index contributed by atoms with van der Waals surface area (Å²) in [5.41, 5.74) is 0. The summed E-state index contributed by atoms with van der Waals surface area (Å²) in [5, 5.41) is 0. The third-order valence-electron chi connectivity index (χ3n) is 4.73. The third kappa shape index (κ3) is 3.95. The lowest BCUT2D eigenvalue weighted by Gasteiger charge is -2.59. The van der Waals surface area contributed by atoms with Gasteiger partial charge in [-0.05, 0) is 10.7 Å². The molecule has 0 atom stereocenters. The second-order valence-electron chi connectivity index (χ2n) is 8.78. The SMILES string of the molecule is C=CC(=O)OCCC([Si](C)(C)C)([Si](C)(C)C)[Si](C)(C)C. The largest absolute Gasteiger partial charge is 0.463 e. The van der Waals surface area contributed by atoms with Crippen LogP contribution >= 0.6 is 0 Å². The number of hydrogen-bond acceptors (Lipinski definition) is 2. The van der Waals surface area contributed by atoms with E-state index >= 15 is 0 Å². The lowest BCUT2D eigenvalue weighted by Crippen LogP contribution is -2.66. The van der Waals surface area contributed by atoms with Crippen LogP contribution in [0, 0.1) is 0 Å². The number of esters is 1. The summed E-state index contributed by atoms with van der Waals surface area (Å²) < 4.78 is 5.79. The lowest BCUT2D eigenvalue weighted by atomic mass is 10.5. The van der Waals surface area contributed by atoms with Crippen LogP contribution < -0.4 is 0 Å². The van der Waals surface area contributed by atoms with Crippen LogP contribution in [0.4, 0.5) is 0 Å². The topological polar surface area (TPSA) is 26.3 Å². The van der Waals surface area contributed by atoms with E-state index in [9.17, 15) is 4.79 Å². The van der Waals surface area contributed by atoms with Gasteiger partial charge in [0.15, 0.2) is 0 Å². The fraction of sp³-hybridized carbons (Fsp3) is 0.800. The molecule has 0 saturated heterocycles. The molecule has 5 heteroatoms. The van der Waals surface area contributed by atoms with Crippen LogP contribution in [0.1, 0.15) is 6.42 Å². The van der Waals surface area contributed by atoms with Crippen molar-refractivity contribution in [2.24, 2.45) is 0 Å². The highest BCUT2D eigenvalue weighted by Crippen LogP contribution is 2.56. The molecule has 0 N–H and O–H groups in total. The van der Waals surface area contributed by atoms with Crippen molar-refractivity contribution in [1.29, 1.82) is 0 Å². The monoisotopic (exact) mass is 330 g/mol. The Morgan fingerprint density at radius 2 is 1.30 bits per heavy atom. The van der Waals surface area contributed by atoms with Crippen molar-refractivity contribution in [2.75, 3.05) is 6.61 Å². The molecule has 0 spiro atoms. The van der Waals surface area contributed by atoms with E-state index in [4.69, 9.17) is 4.74 Å². The Hall–Kier alpha value is -0.139. The van der Waals surface area contributed by atoms with E-state index in [1.807, 2.05) is 0 Å². The molecular weight excluding hydrogens is 296 g/mol. The van der Waals surface area contributed by atoms with Crippen molar-refractivity contribution >= 4 is 30.2 Å². The van der Waals surface area contributed by atoms with Gasteiger partial charge in [0.05, 0.1) is 6.61 Å².